The predicted octanol–water partition coefficient (Wildman–Crippen LogP) is -0.0440. The summed E-state index contributed by atoms with van der Waals surface area (Å²) in [4.78, 5) is 1.30. The van der Waals surface area contributed by atoms with Crippen LogP contribution in [0.2, 0.25) is 0 Å². The summed E-state index contributed by atoms with van der Waals surface area (Å²) in [5, 5.41) is 17.3. The summed E-state index contributed by atoms with van der Waals surface area (Å²) in [6, 6.07) is 0. The lowest BCUT2D eigenvalue weighted by Crippen LogP contribution is -3.13. The Morgan fingerprint density at radius 1 is 0.938 bits per heavy atom. The van der Waals surface area contributed by atoms with Crippen LogP contribution in [-0.2, 0) is 0 Å². The van der Waals surface area contributed by atoms with E-state index in [0.29, 0.717) is 0 Å². The Labute approximate surface area is 93.2 Å². The van der Waals surface area contributed by atoms with E-state index in [9.17, 15) is 17.3 Å². The molecule has 0 heterocycles. The highest BCUT2D eigenvalue weighted by atomic mass is 19.5. The van der Waals surface area contributed by atoms with Crippen molar-refractivity contribution < 1.29 is 32.4 Å². The first-order valence-corrected chi connectivity index (χ1v) is 5.27. The maximum atomic E-state index is 9.75. The Morgan fingerprint density at radius 2 is 1.31 bits per heavy atom. The van der Waals surface area contributed by atoms with Crippen molar-refractivity contribution >= 4 is 7.25 Å². The highest BCUT2D eigenvalue weighted by Gasteiger charge is 2.20. The smallest absolute Gasteiger partial charge is 0.418 e. The van der Waals surface area contributed by atoms with Gasteiger partial charge in [-0.15, -0.1) is 0 Å². The van der Waals surface area contributed by atoms with E-state index in [4.69, 9.17) is 10.2 Å². The third-order valence-corrected chi connectivity index (χ3v) is 1.81. The number of nitrogens with one attached hydrogen (secondary N) is 1. The maximum absolute atomic E-state index is 9.75. The van der Waals surface area contributed by atoms with Gasteiger partial charge >= 0.3 is 7.25 Å². The van der Waals surface area contributed by atoms with Crippen LogP contribution in [0.3, 0.4) is 0 Å². The Hall–Kier alpha value is -0.335. The second-order valence-electron chi connectivity index (χ2n) is 3.30. The monoisotopic (exact) mass is 249 g/mol. The largest absolute Gasteiger partial charge is 0.673 e. The van der Waals surface area contributed by atoms with E-state index in [2.05, 4.69) is 6.92 Å². The summed E-state index contributed by atoms with van der Waals surface area (Å²) < 4.78 is 39.0. The molecule has 3 nitrogen and oxygen atoms in total. The van der Waals surface area contributed by atoms with Crippen LogP contribution in [0.5, 0.6) is 0 Å². The molecule has 0 aromatic carbocycles. The summed E-state index contributed by atoms with van der Waals surface area (Å²) in [5.74, 6) is 0. The molecule has 100 valence electrons. The highest BCUT2D eigenvalue weighted by Crippen LogP contribution is 2.06. The fourth-order valence-corrected chi connectivity index (χ4v) is 1.12. The molecular weight excluding hydrogens is 229 g/mol. The zero-order chi connectivity index (χ0) is 13.0. The van der Waals surface area contributed by atoms with Crippen molar-refractivity contribution in [2.75, 3.05) is 32.8 Å². The minimum atomic E-state index is -6.00. The molecule has 0 unspecified atom stereocenters. The molecule has 8 heteroatoms. The molecule has 0 bridgehead atoms. The lowest BCUT2D eigenvalue weighted by molar-refractivity contribution is -0.901. The molecule has 0 radical (unpaired) electrons. The summed E-state index contributed by atoms with van der Waals surface area (Å²) in [6.45, 7) is 5.19. The predicted molar refractivity (Wildman–Crippen MR) is 54.8 cm³/mol. The van der Waals surface area contributed by atoms with Crippen molar-refractivity contribution in [3.05, 3.63) is 0 Å². The van der Waals surface area contributed by atoms with Gasteiger partial charge in [0.05, 0.1) is 19.8 Å². The number of halogens is 4. The van der Waals surface area contributed by atoms with E-state index >= 15 is 0 Å². The fourth-order valence-electron chi connectivity index (χ4n) is 1.12. The number of rotatable bonds is 7. The molecule has 0 aliphatic rings. The van der Waals surface area contributed by atoms with Crippen LogP contribution >= 0.6 is 0 Å². The quantitative estimate of drug-likeness (QED) is 0.437. The van der Waals surface area contributed by atoms with E-state index in [1.807, 2.05) is 0 Å². The molecule has 0 aromatic heterocycles. The lowest BCUT2D eigenvalue weighted by atomic mass is 10.3. The van der Waals surface area contributed by atoms with E-state index in [-0.39, 0.29) is 13.2 Å². The summed E-state index contributed by atoms with van der Waals surface area (Å²) in [5.41, 5.74) is 0. The molecule has 0 fully saturated rings. The molecule has 0 saturated carbocycles. The Kier molecular flexibility index (Phi) is 12.6. The average molecular weight is 249 g/mol. The zero-order valence-electron chi connectivity index (χ0n) is 9.43. The van der Waals surface area contributed by atoms with Crippen molar-refractivity contribution in [2.45, 2.75) is 19.8 Å². The molecule has 16 heavy (non-hydrogen) atoms. The van der Waals surface area contributed by atoms with Crippen LogP contribution in [-0.4, -0.2) is 50.3 Å². The first-order valence-electron chi connectivity index (χ1n) is 5.27. The number of aliphatic hydroxyl groups excluding tert-OH is 2. The first-order chi connectivity index (χ1) is 7.35. The molecule has 0 saturated heterocycles. The van der Waals surface area contributed by atoms with Crippen molar-refractivity contribution in [1.82, 2.24) is 0 Å². The van der Waals surface area contributed by atoms with Crippen LogP contribution in [0.1, 0.15) is 19.8 Å². The minimum absolute atomic E-state index is 0.221. The van der Waals surface area contributed by atoms with Crippen molar-refractivity contribution in [1.29, 1.82) is 0 Å². The molecule has 0 aromatic rings. The Bertz CT molecular complexity index is 136. The van der Waals surface area contributed by atoms with Crippen LogP contribution in [0, 0.1) is 0 Å². The van der Waals surface area contributed by atoms with E-state index in [0.717, 1.165) is 19.6 Å². The standard InChI is InChI=1S/C8H19NO2.BF4/c1-2-3-4-9(5-7-10)6-8-11;2-1(3,4)5/h10-11H,2-8H2,1H3;/q;-1/p+1. The number of hydrogen-bond acceptors (Lipinski definition) is 2. The topological polar surface area (TPSA) is 44.9 Å². The van der Waals surface area contributed by atoms with Gasteiger partial charge in [-0.25, -0.2) is 0 Å². The molecule has 0 aliphatic carbocycles. The zero-order valence-corrected chi connectivity index (χ0v) is 9.43. The third-order valence-electron chi connectivity index (χ3n) is 1.81. The van der Waals surface area contributed by atoms with Gasteiger partial charge in [0, 0.05) is 0 Å². The molecule has 0 aliphatic heterocycles. The lowest BCUT2D eigenvalue weighted by Gasteiger charge is -2.16. The van der Waals surface area contributed by atoms with Crippen molar-refractivity contribution in [3.8, 4) is 0 Å². The second-order valence-corrected chi connectivity index (χ2v) is 3.30. The van der Waals surface area contributed by atoms with Gasteiger partial charge in [0.1, 0.15) is 13.1 Å². The van der Waals surface area contributed by atoms with E-state index in [1.165, 1.54) is 17.7 Å². The molecule has 0 spiro atoms. The van der Waals surface area contributed by atoms with E-state index < -0.39 is 7.25 Å². The minimum Gasteiger partial charge on any atom is -0.418 e. The normalized spacial score (nSPS) is 11.2. The van der Waals surface area contributed by atoms with Gasteiger partial charge in [0.15, 0.2) is 0 Å². The number of quaternary nitrogens is 1. The third kappa shape index (κ3) is 23.5. The first kappa shape index (κ1) is 18.0. The van der Waals surface area contributed by atoms with Gasteiger partial charge in [-0.2, -0.15) is 0 Å². The fraction of sp³-hybridized carbons (Fsp3) is 1.00. The van der Waals surface area contributed by atoms with Crippen molar-refractivity contribution in [2.24, 2.45) is 0 Å². The molecule has 0 atom stereocenters. The molecule has 0 rings (SSSR count). The molecule has 0 amide bonds. The van der Waals surface area contributed by atoms with Crippen LogP contribution in [0.25, 0.3) is 0 Å². The summed E-state index contributed by atoms with van der Waals surface area (Å²) in [6.07, 6.45) is 2.36. The van der Waals surface area contributed by atoms with Gasteiger partial charge in [0.2, 0.25) is 0 Å². The molecule has 3 N–H and O–H groups in total. The second kappa shape index (κ2) is 11.2. The number of hydrogen-bond donors (Lipinski definition) is 3. The van der Waals surface area contributed by atoms with Gasteiger partial charge in [-0.05, 0) is 6.42 Å². The average Bonchev–Trinajstić information content (AvgIpc) is 2.12. The van der Waals surface area contributed by atoms with Crippen molar-refractivity contribution in [3.63, 3.8) is 0 Å². The number of aliphatic hydroxyl groups is 2. The highest BCUT2D eigenvalue weighted by molar-refractivity contribution is 6.50. The van der Waals surface area contributed by atoms with Gasteiger partial charge in [-0.1, -0.05) is 13.3 Å². The van der Waals surface area contributed by atoms with Gasteiger partial charge in [0.25, 0.3) is 0 Å². The van der Waals surface area contributed by atoms with E-state index in [1.54, 1.807) is 0 Å². The van der Waals surface area contributed by atoms with Crippen LogP contribution < -0.4 is 4.90 Å². The Balaban J connectivity index is 0. The van der Waals surface area contributed by atoms with Gasteiger partial charge in [-0.3, -0.25) is 0 Å². The summed E-state index contributed by atoms with van der Waals surface area (Å²) in [7, 11) is -6.00. The summed E-state index contributed by atoms with van der Waals surface area (Å²) >= 11 is 0. The maximum Gasteiger partial charge on any atom is 0.673 e. The van der Waals surface area contributed by atoms with Gasteiger partial charge < -0.3 is 32.4 Å². The molecular formula is C8H20BF4NO2. The Morgan fingerprint density at radius 3 is 1.56 bits per heavy atom. The van der Waals surface area contributed by atoms with Crippen LogP contribution in [0.15, 0.2) is 0 Å². The van der Waals surface area contributed by atoms with Crippen LogP contribution in [0.4, 0.5) is 17.3 Å². The number of unbranched alkanes of at least 4 members (excludes halogenated alkanes) is 1. The SMILES string of the molecule is CCCC[NH+](CCO)CCO.F[B-](F)(F)F.